The van der Waals surface area contributed by atoms with E-state index in [0.717, 1.165) is 22.3 Å². The highest BCUT2D eigenvalue weighted by Crippen LogP contribution is 2.44. The van der Waals surface area contributed by atoms with Crippen LogP contribution in [0.25, 0.3) is 11.1 Å². The summed E-state index contributed by atoms with van der Waals surface area (Å²) in [5.41, 5.74) is 4.41. The number of rotatable bonds is 8. The van der Waals surface area contributed by atoms with Gasteiger partial charge in [-0.3, -0.25) is 4.79 Å². The minimum Gasteiger partial charge on any atom is -0.480 e. The zero-order chi connectivity index (χ0) is 24.2. The fourth-order valence-electron chi connectivity index (χ4n) is 4.47. The lowest BCUT2D eigenvalue weighted by Crippen LogP contribution is -2.44. The van der Waals surface area contributed by atoms with E-state index in [2.05, 4.69) is 10.6 Å². The van der Waals surface area contributed by atoms with Crippen LogP contribution in [-0.2, 0) is 14.3 Å². The van der Waals surface area contributed by atoms with Gasteiger partial charge in [-0.1, -0.05) is 60.7 Å². The van der Waals surface area contributed by atoms with Gasteiger partial charge in [0.05, 0.1) is 12.0 Å². The van der Waals surface area contributed by atoms with Gasteiger partial charge >= 0.3 is 12.1 Å². The maximum atomic E-state index is 12.5. The number of carboxylic acids is 1. The standard InChI is InChI=1S/C25H24F2N2O5/c26-22(27)12-21(24(31)32)29-23(30)14-9-10-15(11-14)28-25(33)34-13-20-18-7-3-1-5-16(18)17-6-2-4-8-19(17)20/h1-10,14-15,20-22H,11-13H2,(H,28,33)(H,29,30)(H,31,32). The van der Waals surface area contributed by atoms with E-state index >= 15 is 0 Å². The Balaban J connectivity index is 1.29. The van der Waals surface area contributed by atoms with E-state index in [0.29, 0.717) is 0 Å². The van der Waals surface area contributed by atoms with Gasteiger partial charge in [0.15, 0.2) is 0 Å². The van der Waals surface area contributed by atoms with Gasteiger partial charge in [0, 0.05) is 12.3 Å². The molecule has 0 heterocycles. The number of ether oxygens (including phenoxy) is 1. The monoisotopic (exact) mass is 470 g/mol. The number of carbonyl (C=O) groups excluding carboxylic acids is 2. The lowest BCUT2D eigenvalue weighted by Gasteiger charge is -2.18. The second kappa shape index (κ2) is 10.0. The third-order valence-corrected chi connectivity index (χ3v) is 6.10. The lowest BCUT2D eigenvalue weighted by atomic mass is 9.98. The van der Waals surface area contributed by atoms with Gasteiger partial charge in [0.25, 0.3) is 0 Å². The largest absolute Gasteiger partial charge is 0.480 e. The van der Waals surface area contributed by atoms with Crippen molar-refractivity contribution < 1.29 is 33.0 Å². The quantitative estimate of drug-likeness (QED) is 0.511. The molecule has 3 N–H and O–H groups in total. The molecule has 2 aromatic carbocycles. The predicted molar refractivity (Wildman–Crippen MR) is 119 cm³/mol. The SMILES string of the molecule is O=C(NC1C=CC(C(=O)NC(CC(F)F)C(=O)O)C1)OCC1c2ccccc2-c2ccccc21. The number of hydrogen-bond acceptors (Lipinski definition) is 4. The van der Waals surface area contributed by atoms with E-state index in [1.165, 1.54) is 6.08 Å². The average Bonchev–Trinajstić information content (AvgIpc) is 3.39. The summed E-state index contributed by atoms with van der Waals surface area (Å²) < 4.78 is 30.6. The van der Waals surface area contributed by atoms with E-state index in [1.54, 1.807) is 6.08 Å². The Hall–Kier alpha value is -3.75. The predicted octanol–water partition coefficient (Wildman–Crippen LogP) is 3.69. The molecule has 0 bridgehead atoms. The fourth-order valence-corrected chi connectivity index (χ4v) is 4.47. The molecule has 0 saturated heterocycles. The Kier molecular flexibility index (Phi) is 6.90. The molecule has 0 fully saturated rings. The molecule has 2 aliphatic carbocycles. The van der Waals surface area contributed by atoms with Crippen LogP contribution in [0.3, 0.4) is 0 Å². The van der Waals surface area contributed by atoms with Gasteiger partial charge in [0.1, 0.15) is 12.6 Å². The molecule has 2 amide bonds. The smallest absolute Gasteiger partial charge is 0.407 e. The molecule has 7 nitrogen and oxygen atoms in total. The van der Waals surface area contributed by atoms with Crippen LogP contribution >= 0.6 is 0 Å². The molecule has 9 heteroatoms. The Morgan fingerprint density at radius 3 is 2.21 bits per heavy atom. The number of fused-ring (bicyclic) bond motifs is 3. The highest BCUT2D eigenvalue weighted by Gasteiger charge is 2.32. The minimum atomic E-state index is -2.86. The first-order chi connectivity index (χ1) is 16.3. The number of halogens is 2. The number of carbonyl (C=O) groups is 3. The van der Waals surface area contributed by atoms with Crippen LogP contribution in [0.15, 0.2) is 60.7 Å². The van der Waals surface area contributed by atoms with Gasteiger partial charge in [-0.05, 0) is 28.7 Å². The van der Waals surface area contributed by atoms with E-state index < -0.39 is 48.8 Å². The molecule has 3 unspecified atom stereocenters. The van der Waals surface area contributed by atoms with Gasteiger partial charge in [0.2, 0.25) is 12.3 Å². The molecule has 3 atom stereocenters. The maximum Gasteiger partial charge on any atom is 0.407 e. The van der Waals surface area contributed by atoms with E-state index in [-0.39, 0.29) is 18.9 Å². The van der Waals surface area contributed by atoms with Crippen LogP contribution in [0.1, 0.15) is 29.9 Å². The third kappa shape index (κ3) is 5.08. The Morgan fingerprint density at radius 2 is 1.62 bits per heavy atom. The molecule has 34 heavy (non-hydrogen) atoms. The topological polar surface area (TPSA) is 105 Å². The summed E-state index contributed by atoms with van der Waals surface area (Å²) in [6.07, 6.45) is -1.17. The number of carboxylic acid groups (broad SMARTS) is 1. The first-order valence-corrected chi connectivity index (χ1v) is 10.9. The molecule has 2 aromatic rings. The molecule has 0 radical (unpaired) electrons. The van der Waals surface area contributed by atoms with Crippen LogP contribution in [0.2, 0.25) is 0 Å². The minimum absolute atomic E-state index is 0.0846. The fraction of sp³-hybridized carbons (Fsp3) is 0.320. The highest BCUT2D eigenvalue weighted by atomic mass is 19.3. The van der Waals surface area contributed by atoms with Gasteiger partial charge in [-0.15, -0.1) is 0 Å². The Labute approximate surface area is 194 Å². The first-order valence-electron chi connectivity index (χ1n) is 10.9. The first kappa shape index (κ1) is 23.4. The Morgan fingerprint density at radius 1 is 1.00 bits per heavy atom. The molecule has 0 aromatic heterocycles. The number of benzene rings is 2. The Bertz CT molecular complexity index is 1070. The maximum absolute atomic E-state index is 12.5. The average molecular weight is 470 g/mol. The van der Waals surface area contributed by atoms with Gasteiger partial charge < -0.3 is 20.5 Å². The number of alkyl halides is 2. The van der Waals surface area contributed by atoms with Crippen molar-refractivity contribution in [1.29, 1.82) is 0 Å². The molecule has 0 aliphatic heterocycles. The molecule has 0 saturated carbocycles. The number of nitrogens with one attached hydrogen (secondary N) is 2. The zero-order valence-electron chi connectivity index (χ0n) is 18.1. The van der Waals surface area contributed by atoms with Crippen LogP contribution in [0.4, 0.5) is 13.6 Å². The highest BCUT2D eigenvalue weighted by molar-refractivity contribution is 5.86. The van der Waals surface area contributed by atoms with Crippen molar-refractivity contribution in [2.45, 2.75) is 37.3 Å². The van der Waals surface area contributed by atoms with Crippen molar-refractivity contribution in [3.05, 3.63) is 71.8 Å². The summed E-state index contributed by atoms with van der Waals surface area (Å²) in [4.78, 5) is 35.8. The number of aliphatic carboxylic acids is 1. The summed E-state index contributed by atoms with van der Waals surface area (Å²) >= 11 is 0. The van der Waals surface area contributed by atoms with Crippen LogP contribution in [-0.4, -0.2) is 48.2 Å². The van der Waals surface area contributed by atoms with E-state index in [1.807, 2.05) is 48.5 Å². The summed E-state index contributed by atoms with van der Waals surface area (Å²) in [6, 6.07) is 13.8. The summed E-state index contributed by atoms with van der Waals surface area (Å²) in [5, 5.41) is 13.8. The number of amides is 2. The van der Waals surface area contributed by atoms with E-state index in [4.69, 9.17) is 9.84 Å². The van der Waals surface area contributed by atoms with Crippen molar-refractivity contribution in [2.75, 3.05) is 6.61 Å². The summed E-state index contributed by atoms with van der Waals surface area (Å²) in [6.45, 7) is 0.147. The van der Waals surface area contributed by atoms with Gasteiger partial charge in [-0.2, -0.15) is 0 Å². The summed E-state index contributed by atoms with van der Waals surface area (Å²) in [5.74, 6) is -3.03. The number of hydrogen-bond donors (Lipinski definition) is 3. The molecule has 0 spiro atoms. The van der Waals surface area contributed by atoms with Crippen molar-refractivity contribution in [1.82, 2.24) is 10.6 Å². The van der Waals surface area contributed by atoms with Gasteiger partial charge in [-0.25, -0.2) is 18.4 Å². The third-order valence-electron chi connectivity index (χ3n) is 6.10. The van der Waals surface area contributed by atoms with Crippen molar-refractivity contribution in [3.8, 4) is 11.1 Å². The zero-order valence-corrected chi connectivity index (χ0v) is 18.1. The van der Waals surface area contributed by atoms with Crippen molar-refractivity contribution in [3.63, 3.8) is 0 Å². The van der Waals surface area contributed by atoms with Crippen molar-refractivity contribution in [2.24, 2.45) is 5.92 Å². The molecular formula is C25H24F2N2O5. The second-order valence-corrected chi connectivity index (χ2v) is 8.33. The molecule has 2 aliphatic rings. The molecular weight excluding hydrogens is 446 g/mol. The normalized spacial score (nSPS) is 19.4. The second-order valence-electron chi connectivity index (χ2n) is 8.33. The summed E-state index contributed by atoms with van der Waals surface area (Å²) in [7, 11) is 0. The lowest BCUT2D eigenvalue weighted by molar-refractivity contribution is -0.143. The van der Waals surface area contributed by atoms with Crippen molar-refractivity contribution >= 4 is 18.0 Å². The van der Waals surface area contributed by atoms with Crippen LogP contribution in [0.5, 0.6) is 0 Å². The van der Waals surface area contributed by atoms with E-state index in [9.17, 15) is 23.2 Å². The number of alkyl carbamates (subject to hydrolysis) is 1. The molecule has 4 rings (SSSR count). The molecule has 178 valence electrons. The van der Waals surface area contributed by atoms with Crippen LogP contribution in [0, 0.1) is 5.92 Å². The van der Waals surface area contributed by atoms with Crippen LogP contribution < -0.4 is 10.6 Å².